The molecule has 2 aromatic rings. The molecule has 1 aromatic heterocycles. The van der Waals surface area contributed by atoms with Gasteiger partial charge in [0, 0.05) is 11.6 Å². The molecule has 0 amide bonds. The first kappa shape index (κ1) is 11.6. The second-order valence-electron chi connectivity index (χ2n) is 3.36. The first-order chi connectivity index (χ1) is 8.26. The van der Waals surface area contributed by atoms with E-state index in [0.717, 1.165) is 10.8 Å². The van der Waals surface area contributed by atoms with E-state index in [9.17, 15) is 0 Å². The highest BCUT2D eigenvalue weighted by Gasteiger charge is 2.08. The Morgan fingerprint density at radius 3 is 3.00 bits per heavy atom. The molecule has 0 radical (unpaired) electrons. The highest BCUT2D eigenvalue weighted by atomic mass is 35.5. The third-order valence-corrected chi connectivity index (χ3v) is 2.59. The van der Waals surface area contributed by atoms with Crippen LogP contribution in [0.2, 0.25) is 5.15 Å². The predicted octanol–water partition coefficient (Wildman–Crippen LogP) is 2.13. The maximum Gasteiger partial charge on any atom is 0.137 e. The first-order valence-electron chi connectivity index (χ1n) is 4.98. The van der Waals surface area contributed by atoms with Crippen molar-refractivity contribution in [1.82, 2.24) is 4.98 Å². The Hall–Kier alpha value is -1.83. The van der Waals surface area contributed by atoms with Gasteiger partial charge in [-0.15, -0.1) is 0 Å². The summed E-state index contributed by atoms with van der Waals surface area (Å²) in [5.74, 6) is 0.406. The van der Waals surface area contributed by atoms with Crippen LogP contribution in [0.5, 0.6) is 5.75 Å². The molecular weight excluding hydrogens is 240 g/mol. The average molecular weight is 249 g/mol. The highest BCUT2D eigenvalue weighted by Crippen LogP contribution is 2.29. The van der Waals surface area contributed by atoms with Gasteiger partial charge in [-0.2, -0.15) is 5.26 Å². The van der Waals surface area contributed by atoms with Gasteiger partial charge < -0.3 is 9.84 Å². The molecule has 0 aliphatic carbocycles. The van der Waals surface area contributed by atoms with Crippen molar-refractivity contribution in [2.45, 2.75) is 0 Å². The van der Waals surface area contributed by atoms with Crippen LogP contribution in [0, 0.1) is 11.3 Å². The van der Waals surface area contributed by atoms with E-state index in [4.69, 9.17) is 26.7 Å². The van der Waals surface area contributed by atoms with Crippen LogP contribution in [0.4, 0.5) is 0 Å². The first-order valence-corrected chi connectivity index (χ1v) is 5.36. The number of aliphatic hydroxyl groups is 1. The molecule has 0 atom stereocenters. The minimum absolute atomic E-state index is 0.107. The minimum Gasteiger partial charge on any atom is -0.490 e. The second-order valence-corrected chi connectivity index (χ2v) is 3.71. The van der Waals surface area contributed by atoms with Crippen LogP contribution < -0.4 is 4.74 Å². The maximum absolute atomic E-state index is 9.01. The summed E-state index contributed by atoms with van der Waals surface area (Å²) in [6.07, 6.45) is 1.58. The molecule has 1 N–H and O–H groups in total. The SMILES string of the molecule is N#Cc1cc2ccnc(Cl)c2cc1OCCO. The van der Waals surface area contributed by atoms with Crippen LogP contribution in [-0.2, 0) is 0 Å². The summed E-state index contributed by atoms with van der Waals surface area (Å²) >= 11 is 5.96. The lowest BCUT2D eigenvalue weighted by atomic mass is 10.1. The normalized spacial score (nSPS) is 10.2. The number of nitriles is 1. The average Bonchev–Trinajstić information content (AvgIpc) is 2.36. The van der Waals surface area contributed by atoms with Gasteiger partial charge in [0.1, 0.15) is 23.6 Å². The third kappa shape index (κ3) is 2.31. The summed E-state index contributed by atoms with van der Waals surface area (Å²) in [4.78, 5) is 3.96. The van der Waals surface area contributed by atoms with Crippen LogP contribution in [0.25, 0.3) is 10.8 Å². The topological polar surface area (TPSA) is 66.1 Å². The Kier molecular flexibility index (Phi) is 3.43. The van der Waals surface area contributed by atoms with E-state index in [0.29, 0.717) is 16.5 Å². The monoisotopic (exact) mass is 248 g/mol. The highest BCUT2D eigenvalue weighted by molar-refractivity contribution is 6.34. The molecule has 2 rings (SSSR count). The molecule has 0 fully saturated rings. The van der Waals surface area contributed by atoms with Gasteiger partial charge in [0.15, 0.2) is 0 Å². The van der Waals surface area contributed by atoms with Crippen molar-refractivity contribution in [2.75, 3.05) is 13.2 Å². The van der Waals surface area contributed by atoms with Gasteiger partial charge in [-0.25, -0.2) is 4.98 Å². The fourth-order valence-corrected chi connectivity index (χ4v) is 1.75. The van der Waals surface area contributed by atoms with E-state index < -0.39 is 0 Å². The Morgan fingerprint density at radius 2 is 2.29 bits per heavy atom. The molecule has 1 heterocycles. The lowest BCUT2D eigenvalue weighted by molar-refractivity contribution is 0.201. The third-order valence-electron chi connectivity index (χ3n) is 2.29. The molecule has 86 valence electrons. The number of ether oxygens (including phenoxy) is 1. The summed E-state index contributed by atoms with van der Waals surface area (Å²) in [5, 5.41) is 19.6. The summed E-state index contributed by atoms with van der Waals surface area (Å²) in [7, 11) is 0. The zero-order chi connectivity index (χ0) is 12.3. The molecule has 0 unspecified atom stereocenters. The standard InChI is InChI=1S/C12H9ClN2O2/c13-12-10-6-11(17-4-3-16)9(7-14)5-8(10)1-2-15-12/h1-2,5-6,16H,3-4H2. The fourth-order valence-electron chi connectivity index (χ4n) is 1.53. The molecule has 1 aromatic carbocycles. The van der Waals surface area contributed by atoms with Crippen LogP contribution in [0.3, 0.4) is 0 Å². The molecule has 0 aliphatic heterocycles. The molecule has 5 heteroatoms. The van der Waals surface area contributed by atoms with E-state index >= 15 is 0 Å². The molecule has 4 nitrogen and oxygen atoms in total. The number of halogens is 1. The van der Waals surface area contributed by atoms with Gasteiger partial charge in [-0.05, 0) is 23.6 Å². The van der Waals surface area contributed by atoms with Crippen molar-refractivity contribution in [3.05, 3.63) is 35.1 Å². The van der Waals surface area contributed by atoms with Crippen LogP contribution in [0.15, 0.2) is 24.4 Å². The van der Waals surface area contributed by atoms with Crippen LogP contribution in [0.1, 0.15) is 5.56 Å². The van der Waals surface area contributed by atoms with Crippen molar-refractivity contribution in [1.29, 1.82) is 5.26 Å². The number of benzene rings is 1. The minimum atomic E-state index is -0.107. The van der Waals surface area contributed by atoms with Gasteiger partial charge in [-0.1, -0.05) is 11.6 Å². The molecule has 0 spiro atoms. The number of hydrogen-bond donors (Lipinski definition) is 1. The smallest absolute Gasteiger partial charge is 0.137 e. The number of fused-ring (bicyclic) bond motifs is 1. The van der Waals surface area contributed by atoms with Crippen molar-refractivity contribution in [3.8, 4) is 11.8 Å². The largest absolute Gasteiger partial charge is 0.490 e. The quantitative estimate of drug-likeness (QED) is 0.845. The van der Waals surface area contributed by atoms with E-state index in [2.05, 4.69) is 4.98 Å². The number of pyridine rings is 1. The van der Waals surface area contributed by atoms with Gasteiger partial charge >= 0.3 is 0 Å². The Morgan fingerprint density at radius 1 is 1.47 bits per heavy atom. The summed E-state index contributed by atoms with van der Waals surface area (Å²) in [6.45, 7) is 0.0295. The van der Waals surface area contributed by atoms with E-state index in [1.165, 1.54) is 0 Å². The van der Waals surface area contributed by atoms with Crippen molar-refractivity contribution < 1.29 is 9.84 Å². The lowest BCUT2D eigenvalue weighted by Gasteiger charge is -2.08. The molecule has 0 bridgehead atoms. The van der Waals surface area contributed by atoms with Gasteiger partial charge in [0.2, 0.25) is 0 Å². The lowest BCUT2D eigenvalue weighted by Crippen LogP contribution is -2.03. The zero-order valence-electron chi connectivity index (χ0n) is 8.85. The Labute approximate surface area is 103 Å². The zero-order valence-corrected chi connectivity index (χ0v) is 9.61. The van der Waals surface area contributed by atoms with Gasteiger partial charge in [0.25, 0.3) is 0 Å². The number of aliphatic hydroxyl groups excluding tert-OH is 1. The summed E-state index contributed by atoms with van der Waals surface area (Å²) in [5.41, 5.74) is 0.410. The van der Waals surface area contributed by atoms with Crippen molar-refractivity contribution in [3.63, 3.8) is 0 Å². The Bertz CT molecular complexity index is 593. The van der Waals surface area contributed by atoms with Gasteiger partial charge in [0.05, 0.1) is 12.2 Å². The molecule has 17 heavy (non-hydrogen) atoms. The van der Waals surface area contributed by atoms with Crippen LogP contribution >= 0.6 is 11.6 Å². The second kappa shape index (κ2) is 5.00. The van der Waals surface area contributed by atoms with E-state index in [1.54, 1.807) is 24.4 Å². The number of rotatable bonds is 3. The van der Waals surface area contributed by atoms with E-state index in [-0.39, 0.29) is 13.2 Å². The number of aromatic nitrogens is 1. The molecular formula is C12H9ClN2O2. The molecule has 0 saturated carbocycles. The summed E-state index contributed by atoms with van der Waals surface area (Å²) < 4.78 is 5.28. The number of nitrogens with zero attached hydrogens (tertiary/aromatic N) is 2. The van der Waals surface area contributed by atoms with Crippen molar-refractivity contribution >= 4 is 22.4 Å². The number of hydrogen-bond acceptors (Lipinski definition) is 4. The van der Waals surface area contributed by atoms with Crippen molar-refractivity contribution in [2.24, 2.45) is 0 Å². The van der Waals surface area contributed by atoms with Crippen LogP contribution in [-0.4, -0.2) is 23.3 Å². The maximum atomic E-state index is 9.01. The Balaban J connectivity index is 2.58. The molecule has 0 aliphatic rings. The fraction of sp³-hybridized carbons (Fsp3) is 0.167. The summed E-state index contributed by atoms with van der Waals surface area (Å²) in [6, 6.07) is 7.18. The van der Waals surface area contributed by atoms with Gasteiger partial charge in [-0.3, -0.25) is 0 Å². The predicted molar refractivity (Wildman–Crippen MR) is 64.0 cm³/mol. The molecule has 0 saturated heterocycles. The van der Waals surface area contributed by atoms with E-state index in [1.807, 2.05) is 6.07 Å².